The third-order valence-electron chi connectivity index (χ3n) is 11.6. The minimum Gasteiger partial charge on any atom is -0.0625 e. The summed E-state index contributed by atoms with van der Waals surface area (Å²) in [5.74, 6) is 7.96. The van der Waals surface area contributed by atoms with Gasteiger partial charge in [0, 0.05) is 0 Å². The minimum absolute atomic E-state index is 0.666. The summed E-state index contributed by atoms with van der Waals surface area (Å²) in [5.41, 5.74) is 1.37. The van der Waals surface area contributed by atoms with Gasteiger partial charge in [0.25, 0.3) is 0 Å². The summed E-state index contributed by atoms with van der Waals surface area (Å²) in [6.07, 6.45) is 18.4. The van der Waals surface area contributed by atoms with Crippen LogP contribution in [-0.2, 0) is 0 Å². The maximum Gasteiger partial charge on any atom is -0.0264 e. The monoisotopic (exact) mass is 386 g/mol. The van der Waals surface area contributed by atoms with Crippen molar-refractivity contribution in [1.29, 1.82) is 0 Å². The van der Waals surface area contributed by atoms with Crippen LogP contribution in [0.15, 0.2) is 0 Å². The van der Waals surface area contributed by atoms with Gasteiger partial charge in [-0.05, 0) is 110 Å². The Hall–Kier alpha value is 0. The molecule has 28 heavy (non-hydrogen) atoms. The Bertz CT molecular complexity index is 534. The van der Waals surface area contributed by atoms with Crippen molar-refractivity contribution < 1.29 is 0 Å². The molecule has 0 aromatic rings. The Morgan fingerprint density at radius 2 is 1.46 bits per heavy atom. The first-order valence-electron chi connectivity index (χ1n) is 13.3. The number of rotatable bonds is 5. The fourth-order valence-corrected chi connectivity index (χ4v) is 9.33. The van der Waals surface area contributed by atoms with Crippen LogP contribution in [0, 0.1) is 58.2 Å². The summed E-state index contributed by atoms with van der Waals surface area (Å²) in [6.45, 7) is 15.4. The zero-order chi connectivity index (χ0) is 20.1. The zero-order valence-corrected chi connectivity index (χ0v) is 20.1. The van der Waals surface area contributed by atoms with Crippen LogP contribution in [-0.4, -0.2) is 0 Å². The molecule has 4 rings (SSSR count). The lowest BCUT2D eigenvalue weighted by molar-refractivity contribution is -0.114. The molecule has 4 aliphatic carbocycles. The molecule has 4 fully saturated rings. The lowest BCUT2D eigenvalue weighted by atomic mass is 9.44. The molecule has 0 amide bonds. The molecular weight excluding hydrogens is 336 g/mol. The SMILES string of the molecule is CC(C)C(C)CC[C@@H](C)[C@H]1CC[C@H]2[C@@H]3CC[C@H]4CCCC[C@]4(C)[C@H]3CC[C@@]12C. The van der Waals surface area contributed by atoms with Gasteiger partial charge in [-0.1, -0.05) is 67.2 Å². The van der Waals surface area contributed by atoms with Crippen LogP contribution < -0.4 is 0 Å². The largest absolute Gasteiger partial charge is 0.0625 e. The van der Waals surface area contributed by atoms with Gasteiger partial charge in [-0.2, -0.15) is 0 Å². The molecule has 4 saturated carbocycles. The predicted molar refractivity (Wildman–Crippen MR) is 122 cm³/mol. The molecule has 0 bridgehead atoms. The van der Waals surface area contributed by atoms with Gasteiger partial charge < -0.3 is 0 Å². The first-order valence-corrected chi connectivity index (χ1v) is 13.3. The molecule has 0 spiro atoms. The van der Waals surface area contributed by atoms with Gasteiger partial charge in [0.05, 0.1) is 0 Å². The molecular formula is C28H50. The fourth-order valence-electron chi connectivity index (χ4n) is 9.33. The molecule has 0 heteroatoms. The van der Waals surface area contributed by atoms with E-state index in [1.165, 1.54) is 25.7 Å². The van der Waals surface area contributed by atoms with Gasteiger partial charge in [-0.25, -0.2) is 0 Å². The Kier molecular flexibility index (Phi) is 6.01. The molecule has 0 radical (unpaired) electrons. The molecule has 0 N–H and O–H groups in total. The van der Waals surface area contributed by atoms with Crippen molar-refractivity contribution in [3.8, 4) is 0 Å². The van der Waals surface area contributed by atoms with Crippen LogP contribution in [0.25, 0.3) is 0 Å². The summed E-state index contributed by atoms with van der Waals surface area (Å²) in [7, 11) is 0. The second kappa shape index (κ2) is 7.92. The van der Waals surface area contributed by atoms with Crippen molar-refractivity contribution >= 4 is 0 Å². The molecule has 162 valence electrons. The van der Waals surface area contributed by atoms with Gasteiger partial charge in [0.1, 0.15) is 0 Å². The fraction of sp³-hybridized carbons (Fsp3) is 1.00. The number of hydrogen-bond donors (Lipinski definition) is 0. The quantitative estimate of drug-likeness (QED) is 0.443. The van der Waals surface area contributed by atoms with Crippen molar-refractivity contribution in [2.45, 2.75) is 119 Å². The number of fused-ring (bicyclic) bond motifs is 5. The van der Waals surface area contributed by atoms with Gasteiger partial charge in [-0.3, -0.25) is 0 Å². The van der Waals surface area contributed by atoms with Crippen LogP contribution in [0.3, 0.4) is 0 Å². The van der Waals surface area contributed by atoms with Crippen LogP contribution in [0.2, 0.25) is 0 Å². The molecule has 1 unspecified atom stereocenters. The molecule has 0 nitrogen and oxygen atoms in total. The standard InChI is InChI=1S/C28H50/c1-19(2)20(3)10-11-21(4)24-14-15-25-23-13-12-22-9-7-8-17-27(22,5)26(23)16-18-28(24,25)6/h19-26H,7-18H2,1-6H3/t20?,21-,22-,23+,24-,25+,26+,27+,28+/m1/s1. The van der Waals surface area contributed by atoms with Crippen molar-refractivity contribution in [2.75, 3.05) is 0 Å². The average Bonchev–Trinajstić information content (AvgIpc) is 3.02. The average molecular weight is 387 g/mol. The van der Waals surface area contributed by atoms with Crippen molar-refractivity contribution in [3.63, 3.8) is 0 Å². The third kappa shape index (κ3) is 3.41. The summed E-state index contributed by atoms with van der Waals surface area (Å²) in [5, 5.41) is 0. The summed E-state index contributed by atoms with van der Waals surface area (Å²) < 4.78 is 0. The summed E-state index contributed by atoms with van der Waals surface area (Å²) in [4.78, 5) is 0. The van der Waals surface area contributed by atoms with E-state index in [4.69, 9.17) is 0 Å². The topological polar surface area (TPSA) is 0 Å². The van der Waals surface area contributed by atoms with E-state index in [1.807, 2.05) is 0 Å². The third-order valence-corrected chi connectivity index (χ3v) is 11.6. The van der Waals surface area contributed by atoms with Crippen LogP contribution in [0.1, 0.15) is 119 Å². The van der Waals surface area contributed by atoms with Crippen LogP contribution >= 0.6 is 0 Å². The smallest absolute Gasteiger partial charge is 0.0264 e. The van der Waals surface area contributed by atoms with E-state index in [9.17, 15) is 0 Å². The van der Waals surface area contributed by atoms with Crippen molar-refractivity contribution in [2.24, 2.45) is 58.2 Å². The van der Waals surface area contributed by atoms with E-state index >= 15 is 0 Å². The zero-order valence-electron chi connectivity index (χ0n) is 20.1. The Morgan fingerprint density at radius 1 is 0.714 bits per heavy atom. The van der Waals surface area contributed by atoms with E-state index < -0.39 is 0 Å². The molecule has 0 saturated heterocycles. The molecule has 0 heterocycles. The van der Waals surface area contributed by atoms with Gasteiger partial charge in [-0.15, -0.1) is 0 Å². The highest BCUT2D eigenvalue weighted by atomic mass is 14.6. The molecule has 0 aliphatic heterocycles. The van der Waals surface area contributed by atoms with Gasteiger partial charge in [0.2, 0.25) is 0 Å². The van der Waals surface area contributed by atoms with E-state index in [0.717, 1.165) is 47.3 Å². The minimum atomic E-state index is 0.666. The highest BCUT2D eigenvalue weighted by Gasteiger charge is 2.60. The summed E-state index contributed by atoms with van der Waals surface area (Å²) >= 11 is 0. The van der Waals surface area contributed by atoms with Crippen LogP contribution in [0.5, 0.6) is 0 Å². The first kappa shape index (κ1) is 21.2. The van der Waals surface area contributed by atoms with E-state index in [0.29, 0.717) is 10.8 Å². The highest BCUT2D eigenvalue weighted by molar-refractivity contribution is 5.09. The maximum atomic E-state index is 2.75. The van der Waals surface area contributed by atoms with Gasteiger partial charge >= 0.3 is 0 Å². The highest BCUT2D eigenvalue weighted by Crippen LogP contribution is 2.68. The number of hydrogen-bond acceptors (Lipinski definition) is 0. The van der Waals surface area contributed by atoms with Crippen molar-refractivity contribution in [1.82, 2.24) is 0 Å². The van der Waals surface area contributed by atoms with Crippen molar-refractivity contribution in [3.05, 3.63) is 0 Å². The second-order valence-electron chi connectivity index (χ2n) is 12.9. The maximum absolute atomic E-state index is 2.75. The molecule has 9 atom stereocenters. The Morgan fingerprint density at radius 3 is 2.21 bits per heavy atom. The van der Waals surface area contributed by atoms with E-state index in [2.05, 4.69) is 41.5 Å². The normalized spacial score (nSPS) is 47.9. The molecule has 0 aromatic carbocycles. The molecule has 0 aromatic heterocycles. The van der Waals surface area contributed by atoms with Gasteiger partial charge in [0.15, 0.2) is 0 Å². The second-order valence-corrected chi connectivity index (χ2v) is 12.9. The van der Waals surface area contributed by atoms with E-state index in [-0.39, 0.29) is 0 Å². The lowest BCUT2D eigenvalue weighted by Gasteiger charge is -2.61. The Balaban J connectivity index is 1.46. The summed E-state index contributed by atoms with van der Waals surface area (Å²) in [6, 6.07) is 0. The predicted octanol–water partition coefficient (Wildman–Crippen LogP) is 8.74. The van der Waals surface area contributed by atoms with E-state index in [1.54, 1.807) is 51.4 Å². The Labute approximate surface area is 177 Å². The lowest BCUT2D eigenvalue weighted by Crippen LogP contribution is -2.53. The molecule has 4 aliphatic rings. The first-order chi connectivity index (χ1) is 13.3. The van der Waals surface area contributed by atoms with Crippen LogP contribution in [0.4, 0.5) is 0 Å².